The van der Waals surface area contributed by atoms with E-state index in [1.54, 1.807) is 37.4 Å². The van der Waals surface area contributed by atoms with Crippen LogP contribution in [0.1, 0.15) is 11.1 Å². The second-order valence-electron chi connectivity index (χ2n) is 8.70. The van der Waals surface area contributed by atoms with Crippen molar-refractivity contribution in [1.29, 1.82) is 0 Å². The summed E-state index contributed by atoms with van der Waals surface area (Å²) in [5.41, 5.74) is 1.49. The summed E-state index contributed by atoms with van der Waals surface area (Å²) < 4.78 is 41.3. The molecule has 3 aromatic carbocycles. The van der Waals surface area contributed by atoms with Crippen LogP contribution in [0, 0.1) is 6.92 Å². The van der Waals surface area contributed by atoms with Gasteiger partial charge in [-0.1, -0.05) is 59.6 Å². The van der Waals surface area contributed by atoms with E-state index in [2.05, 4.69) is 9.71 Å². The van der Waals surface area contributed by atoms with E-state index in [4.69, 9.17) is 32.7 Å². The van der Waals surface area contributed by atoms with Gasteiger partial charge in [0.25, 0.3) is 10.0 Å². The summed E-state index contributed by atoms with van der Waals surface area (Å²) in [4.78, 5) is 6.50. The van der Waals surface area contributed by atoms with Gasteiger partial charge in [0.15, 0.2) is 0 Å². The van der Waals surface area contributed by atoms with Gasteiger partial charge >= 0.3 is 0 Å². The molecule has 0 saturated carbocycles. The summed E-state index contributed by atoms with van der Waals surface area (Å²) >= 11 is 12.5. The molecule has 7 nitrogen and oxygen atoms in total. The molecule has 1 N–H and O–H groups in total. The lowest BCUT2D eigenvalue weighted by atomic mass is 10.1. The molecule has 194 valence electrons. The lowest BCUT2D eigenvalue weighted by Gasteiger charge is -2.17. The monoisotopic (exact) mass is 559 g/mol. The SMILES string of the molecule is Cc1c(Cl)cccc1S(=O)(=O)Nc1c(OCc2ccc(Cl)c(OCCN(C)C)c2)ncc2ccccc12. The van der Waals surface area contributed by atoms with E-state index in [0.717, 1.165) is 17.5 Å². The molecule has 0 aliphatic rings. The molecule has 37 heavy (non-hydrogen) atoms. The number of hydrogen-bond donors (Lipinski definition) is 1. The van der Waals surface area contributed by atoms with Crippen LogP contribution in [0.2, 0.25) is 10.0 Å². The number of likely N-dealkylation sites (N-methyl/N-ethyl adjacent to an activating group) is 1. The van der Waals surface area contributed by atoms with Gasteiger partial charge in [-0.15, -0.1) is 0 Å². The van der Waals surface area contributed by atoms with Crippen LogP contribution in [0.5, 0.6) is 11.6 Å². The normalized spacial score (nSPS) is 11.6. The predicted molar refractivity (Wildman–Crippen MR) is 149 cm³/mol. The van der Waals surface area contributed by atoms with Gasteiger partial charge in [-0.05, 0) is 56.4 Å². The van der Waals surface area contributed by atoms with E-state index in [0.29, 0.717) is 33.4 Å². The number of sulfonamides is 1. The molecule has 0 fully saturated rings. The number of hydrogen-bond acceptors (Lipinski definition) is 6. The van der Waals surface area contributed by atoms with Crippen molar-refractivity contribution in [2.24, 2.45) is 0 Å². The first-order chi connectivity index (χ1) is 17.7. The van der Waals surface area contributed by atoms with E-state index >= 15 is 0 Å². The fraction of sp³-hybridized carbons (Fsp3) is 0.222. The highest BCUT2D eigenvalue weighted by Gasteiger charge is 2.22. The van der Waals surface area contributed by atoms with E-state index in [1.807, 2.05) is 49.3 Å². The predicted octanol–water partition coefficient (Wildman–Crippen LogP) is 6.17. The highest BCUT2D eigenvalue weighted by molar-refractivity contribution is 7.92. The second kappa shape index (κ2) is 11.6. The number of nitrogens with one attached hydrogen (secondary N) is 1. The van der Waals surface area contributed by atoms with Crippen LogP contribution in [0.15, 0.2) is 71.8 Å². The molecule has 0 amide bonds. The smallest absolute Gasteiger partial charge is 0.262 e. The number of pyridine rings is 1. The van der Waals surface area contributed by atoms with Crippen LogP contribution in [-0.2, 0) is 16.6 Å². The molecule has 1 aromatic heterocycles. The minimum absolute atomic E-state index is 0.0797. The maximum absolute atomic E-state index is 13.4. The van der Waals surface area contributed by atoms with Crippen LogP contribution < -0.4 is 14.2 Å². The first kappa shape index (κ1) is 27.0. The Hall–Kier alpha value is -3.04. The van der Waals surface area contributed by atoms with Crippen LogP contribution in [0.25, 0.3) is 10.8 Å². The molecule has 0 aliphatic heterocycles. The molecule has 0 saturated heterocycles. The average molecular weight is 561 g/mol. The molecule has 0 atom stereocenters. The largest absolute Gasteiger partial charge is 0.491 e. The fourth-order valence-electron chi connectivity index (χ4n) is 3.66. The number of halogens is 2. The highest BCUT2D eigenvalue weighted by Crippen LogP contribution is 2.35. The van der Waals surface area contributed by atoms with Gasteiger partial charge in [0.2, 0.25) is 5.88 Å². The van der Waals surface area contributed by atoms with E-state index in [9.17, 15) is 8.42 Å². The third-order valence-corrected chi connectivity index (χ3v) is 7.89. The lowest BCUT2D eigenvalue weighted by Crippen LogP contribution is -2.19. The van der Waals surface area contributed by atoms with Crippen LogP contribution in [0.4, 0.5) is 5.69 Å². The van der Waals surface area contributed by atoms with Gasteiger partial charge in [-0.2, -0.15) is 0 Å². The summed E-state index contributed by atoms with van der Waals surface area (Å²) in [5, 5.41) is 2.27. The third-order valence-electron chi connectivity index (χ3n) is 5.68. The summed E-state index contributed by atoms with van der Waals surface area (Å²) in [6, 6.07) is 17.5. The molecule has 0 spiro atoms. The van der Waals surface area contributed by atoms with Gasteiger partial charge < -0.3 is 14.4 Å². The minimum Gasteiger partial charge on any atom is -0.491 e. The molecule has 10 heteroatoms. The standard InChI is InChI=1S/C27H27Cl2N3O4S/c1-18-22(28)9-6-10-25(18)37(33,34)31-26-21-8-5-4-7-20(21)16-30-27(26)36-17-19-11-12-23(29)24(15-19)35-14-13-32(2)3/h4-12,15-16,31H,13-14,17H2,1-3H3. The van der Waals surface area contributed by atoms with Crippen molar-refractivity contribution >= 4 is 49.7 Å². The van der Waals surface area contributed by atoms with Crippen molar-refractivity contribution in [2.75, 3.05) is 32.0 Å². The quantitative estimate of drug-likeness (QED) is 0.250. The first-order valence-corrected chi connectivity index (χ1v) is 13.7. The van der Waals surface area contributed by atoms with Gasteiger partial charge in [0.05, 0.1) is 9.92 Å². The summed E-state index contributed by atoms with van der Waals surface area (Å²) in [5.74, 6) is 0.695. The van der Waals surface area contributed by atoms with Crippen molar-refractivity contribution in [3.8, 4) is 11.6 Å². The number of benzene rings is 3. The number of rotatable bonds is 10. The Morgan fingerprint density at radius 1 is 0.973 bits per heavy atom. The zero-order chi connectivity index (χ0) is 26.6. The van der Waals surface area contributed by atoms with E-state index < -0.39 is 10.0 Å². The van der Waals surface area contributed by atoms with Gasteiger partial charge in [-0.3, -0.25) is 4.72 Å². The van der Waals surface area contributed by atoms with Crippen LogP contribution in [-0.4, -0.2) is 45.5 Å². The Labute approximate surface area is 227 Å². The highest BCUT2D eigenvalue weighted by atomic mass is 35.5. The van der Waals surface area contributed by atoms with E-state index in [-0.39, 0.29) is 23.1 Å². The number of fused-ring (bicyclic) bond motifs is 1. The number of ether oxygens (including phenoxy) is 2. The molecule has 0 aliphatic carbocycles. The summed E-state index contributed by atoms with van der Waals surface area (Å²) in [6.45, 7) is 3.01. The molecule has 1 heterocycles. The van der Waals surface area contributed by atoms with Crippen molar-refractivity contribution < 1.29 is 17.9 Å². The molecule has 0 radical (unpaired) electrons. The van der Waals surface area contributed by atoms with Crippen molar-refractivity contribution in [1.82, 2.24) is 9.88 Å². The van der Waals surface area contributed by atoms with Crippen molar-refractivity contribution in [3.63, 3.8) is 0 Å². The molecule has 0 unspecified atom stereocenters. The Morgan fingerprint density at radius 3 is 2.54 bits per heavy atom. The second-order valence-corrected chi connectivity index (χ2v) is 11.2. The van der Waals surface area contributed by atoms with Gasteiger partial charge in [-0.25, -0.2) is 13.4 Å². The van der Waals surface area contributed by atoms with Crippen LogP contribution >= 0.6 is 23.2 Å². The Kier molecular flexibility index (Phi) is 8.44. The maximum Gasteiger partial charge on any atom is 0.262 e. The number of aromatic nitrogens is 1. The summed E-state index contributed by atoms with van der Waals surface area (Å²) in [6.07, 6.45) is 1.64. The van der Waals surface area contributed by atoms with Gasteiger partial charge in [0, 0.05) is 28.5 Å². The molecule has 0 bridgehead atoms. The minimum atomic E-state index is -3.99. The third kappa shape index (κ3) is 6.45. The number of nitrogens with zero attached hydrogens (tertiary/aromatic N) is 2. The zero-order valence-electron chi connectivity index (χ0n) is 20.7. The average Bonchev–Trinajstić information content (AvgIpc) is 2.86. The van der Waals surface area contributed by atoms with Gasteiger partial charge in [0.1, 0.15) is 24.7 Å². The Bertz CT molecular complexity index is 1530. The Morgan fingerprint density at radius 2 is 1.76 bits per heavy atom. The Balaban J connectivity index is 1.64. The number of anilines is 1. The van der Waals surface area contributed by atoms with Crippen LogP contribution in [0.3, 0.4) is 0 Å². The maximum atomic E-state index is 13.4. The van der Waals surface area contributed by atoms with E-state index in [1.165, 1.54) is 6.07 Å². The zero-order valence-corrected chi connectivity index (χ0v) is 23.0. The molecular weight excluding hydrogens is 533 g/mol. The van der Waals surface area contributed by atoms with Crippen molar-refractivity contribution in [3.05, 3.63) is 88.0 Å². The fourth-order valence-corrected chi connectivity index (χ4v) is 5.41. The van der Waals surface area contributed by atoms with Crippen molar-refractivity contribution in [2.45, 2.75) is 18.4 Å². The first-order valence-electron chi connectivity index (χ1n) is 11.5. The lowest BCUT2D eigenvalue weighted by molar-refractivity contribution is 0.260. The summed E-state index contributed by atoms with van der Waals surface area (Å²) in [7, 11) is -0.0618. The molecule has 4 rings (SSSR count). The topological polar surface area (TPSA) is 80.8 Å². The molecular formula is C27H27Cl2N3O4S. The molecule has 4 aromatic rings.